The molecule has 0 aliphatic rings. The number of ether oxygens (including phenoxy) is 1. The first-order valence-corrected chi connectivity index (χ1v) is 4.60. The highest BCUT2D eigenvalue weighted by molar-refractivity contribution is 6.04. The summed E-state index contributed by atoms with van der Waals surface area (Å²) in [6, 6.07) is 4.93. The molecule has 1 N–H and O–H groups in total. The van der Waals surface area contributed by atoms with Gasteiger partial charge >= 0.3 is 5.97 Å². The molecule has 0 unspecified atom stereocenters. The Balaban J connectivity index is 2.57. The lowest BCUT2D eigenvalue weighted by Gasteiger charge is -1.99. The number of fused-ring (bicyclic) bond motifs is 1. The molecule has 0 radical (unpaired) electrons. The second kappa shape index (κ2) is 3.65. The Labute approximate surface area is 86.1 Å². The fourth-order valence-corrected chi connectivity index (χ4v) is 1.43. The maximum atomic E-state index is 11.4. The number of furan rings is 1. The van der Waals surface area contributed by atoms with E-state index in [4.69, 9.17) is 9.15 Å². The van der Waals surface area contributed by atoms with Crippen LogP contribution in [0.2, 0.25) is 0 Å². The minimum absolute atomic E-state index is 0.0179. The minimum Gasteiger partial charge on any atom is -0.507 e. The third-order valence-electron chi connectivity index (χ3n) is 2.07. The highest BCUT2D eigenvalue weighted by atomic mass is 16.5. The van der Waals surface area contributed by atoms with Crippen molar-refractivity contribution in [2.75, 3.05) is 6.61 Å². The predicted octanol–water partition coefficient (Wildman–Crippen LogP) is 2.32. The topological polar surface area (TPSA) is 59.7 Å². The second-order valence-electron chi connectivity index (χ2n) is 3.03. The molecule has 1 aromatic heterocycles. The minimum atomic E-state index is -0.561. The zero-order valence-corrected chi connectivity index (χ0v) is 8.19. The molecule has 4 heteroatoms. The monoisotopic (exact) mass is 206 g/mol. The van der Waals surface area contributed by atoms with Crippen molar-refractivity contribution < 1.29 is 19.1 Å². The quantitative estimate of drug-likeness (QED) is 0.766. The molecule has 0 aliphatic heterocycles. The SMILES string of the molecule is CCOC(=O)c1occ2cccc(O)c12. The van der Waals surface area contributed by atoms with Gasteiger partial charge in [0, 0.05) is 5.39 Å². The van der Waals surface area contributed by atoms with Crippen LogP contribution in [0.5, 0.6) is 5.75 Å². The van der Waals surface area contributed by atoms with Crippen LogP contribution in [0.15, 0.2) is 28.9 Å². The fraction of sp³-hybridized carbons (Fsp3) is 0.182. The Kier molecular flexibility index (Phi) is 2.33. The molecular weight excluding hydrogens is 196 g/mol. The van der Waals surface area contributed by atoms with Crippen LogP contribution in [0.25, 0.3) is 10.8 Å². The fourth-order valence-electron chi connectivity index (χ4n) is 1.43. The summed E-state index contributed by atoms with van der Waals surface area (Å²) in [5.41, 5.74) is 0. The van der Waals surface area contributed by atoms with E-state index in [1.54, 1.807) is 19.1 Å². The van der Waals surface area contributed by atoms with Gasteiger partial charge in [0.05, 0.1) is 18.3 Å². The van der Waals surface area contributed by atoms with Crippen molar-refractivity contribution in [1.29, 1.82) is 0 Å². The molecule has 15 heavy (non-hydrogen) atoms. The summed E-state index contributed by atoms with van der Waals surface area (Å²) in [5, 5.41) is 10.7. The lowest BCUT2D eigenvalue weighted by Crippen LogP contribution is -2.03. The second-order valence-corrected chi connectivity index (χ2v) is 3.03. The number of phenolic OH excluding ortho intramolecular Hbond substituents is 1. The van der Waals surface area contributed by atoms with E-state index in [2.05, 4.69) is 0 Å². The summed E-state index contributed by atoms with van der Waals surface area (Å²) in [7, 11) is 0. The normalized spacial score (nSPS) is 10.5. The Hall–Kier alpha value is -1.97. The van der Waals surface area contributed by atoms with Crippen LogP contribution in [0.3, 0.4) is 0 Å². The van der Waals surface area contributed by atoms with Gasteiger partial charge in [0.25, 0.3) is 0 Å². The number of rotatable bonds is 2. The van der Waals surface area contributed by atoms with Crippen molar-refractivity contribution in [3.8, 4) is 5.75 Å². The first kappa shape index (κ1) is 9.58. The lowest BCUT2D eigenvalue weighted by molar-refractivity contribution is 0.0493. The molecule has 0 aliphatic carbocycles. The molecule has 0 atom stereocenters. The van der Waals surface area contributed by atoms with Crippen LogP contribution >= 0.6 is 0 Å². The molecule has 0 bridgehead atoms. The molecule has 0 amide bonds. The molecule has 0 spiro atoms. The summed E-state index contributed by atoms with van der Waals surface area (Å²) in [6.07, 6.45) is 1.42. The van der Waals surface area contributed by atoms with Crippen LogP contribution < -0.4 is 0 Å². The van der Waals surface area contributed by atoms with Crippen molar-refractivity contribution in [1.82, 2.24) is 0 Å². The molecule has 1 heterocycles. The van der Waals surface area contributed by atoms with E-state index in [9.17, 15) is 9.90 Å². The van der Waals surface area contributed by atoms with Crippen molar-refractivity contribution in [2.24, 2.45) is 0 Å². The third-order valence-corrected chi connectivity index (χ3v) is 2.07. The molecular formula is C11H10O4. The highest BCUT2D eigenvalue weighted by Gasteiger charge is 2.18. The Morgan fingerprint density at radius 2 is 2.33 bits per heavy atom. The Morgan fingerprint density at radius 1 is 1.53 bits per heavy atom. The van der Waals surface area contributed by atoms with Crippen LogP contribution in [-0.4, -0.2) is 17.7 Å². The number of benzene rings is 1. The number of hydrogen-bond donors (Lipinski definition) is 1. The number of esters is 1. The molecule has 0 fully saturated rings. The predicted molar refractivity (Wildman–Crippen MR) is 53.8 cm³/mol. The third kappa shape index (κ3) is 1.54. The maximum Gasteiger partial charge on any atom is 0.375 e. The average Bonchev–Trinajstić information content (AvgIpc) is 2.63. The van der Waals surface area contributed by atoms with Gasteiger partial charge in [0.15, 0.2) is 0 Å². The van der Waals surface area contributed by atoms with Gasteiger partial charge in [0.2, 0.25) is 5.76 Å². The molecule has 2 aromatic rings. The lowest BCUT2D eigenvalue weighted by atomic mass is 10.1. The van der Waals surface area contributed by atoms with Gasteiger partial charge in [0.1, 0.15) is 5.75 Å². The van der Waals surface area contributed by atoms with Crippen molar-refractivity contribution in [2.45, 2.75) is 6.92 Å². The van der Waals surface area contributed by atoms with Gasteiger partial charge in [-0.2, -0.15) is 0 Å². The standard InChI is InChI=1S/C11H10O4/c1-2-14-11(13)10-9-7(6-15-10)4-3-5-8(9)12/h3-6,12H,2H2,1H3. The number of carbonyl (C=O) groups is 1. The van der Waals surface area contributed by atoms with Gasteiger partial charge < -0.3 is 14.3 Å². The molecule has 78 valence electrons. The molecule has 4 nitrogen and oxygen atoms in total. The average molecular weight is 206 g/mol. The van der Waals surface area contributed by atoms with E-state index in [0.717, 1.165) is 0 Å². The van der Waals surface area contributed by atoms with E-state index >= 15 is 0 Å². The summed E-state index contributed by atoms with van der Waals surface area (Å²) in [4.78, 5) is 11.4. The molecule has 0 saturated heterocycles. The summed E-state index contributed by atoms with van der Waals surface area (Å²) in [5.74, 6) is -0.497. The number of phenols is 1. The smallest absolute Gasteiger partial charge is 0.375 e. The Morgan fingerprint density at radius 3 is 3.07 bits per heavy atom. The van der Waals surface area contributed by atoms with Gasteiger partial charge in [-0.3, -0.25) is 0 Å². The van der Waals surface area contributed by atoms with Gasteiger partial charge in [-0.05, 0) is 13.0 Å². The highest BCUT2D eigenvalue weighted by Crippen LogP contribution is 2.29. The van der Waals surface area contributed by atoms with E-state index in [-0.39, 0.29) is 18.1 Å². The summed E-state index contributed by atoms with van der Waals surface area (Å²) >= 11 is 0. The van der Waals surface area contributed by atoms with Gasteiger partial charge in [-0.1, -0.05) is 12.1 Å². The largest absolute Gasteiger partial charge is 0.507 e. The Bertz CT molecular complexity index is 498. The first-order chi connectivity index (χ1) is 7.24. The number of hydrogen-bond acceptors (Lipinski definition) is 4. The van der Waals surface area contributed by atoms with Crippen molar-refractivity contribution >= 4 is 16.7 Å². The van der Waals surface area contributed by atoms with Crippen LogP contribution in [0.4, 0.5) is 0 Å². The summed E-state index contributed by atoms with van der Waals surface area (Å²) in [6.45, 7) is 1.98. The van der Waals surface area contributed by atoms with Crippen LogP contribution in [-0.2, 0) is 4.74 Å². The first-order valence-electron chi connectivity index (χ1n) is 4.60. The van der Waals surface area contributed by atoms with Crippen LogP contribution in [0.1, 0.15) is 17.5 Å². The molecule has 1 aromatic carbocycles. The number of carbonyl (C=O) groups excluding carboxylic acids is 1. The molecule has 2 rings (SSSR count). The number of aromatic hydroxyl groups is 1. The zero-order valence-electron chi connectivity index (χ0n) is 8.19. The van der Waals surface area contributed by atoms with Gasteiger partial charge in [-0.25, -0.2) is 4.79 Å². The summed E-state index contributed by atoms with van der Waals surface area (Å²) < 4.78 is 9.88. The van der Waals surface area contributed by atoms with E-state index in [1.165, 1.54) is 12.3 Å². The maximum absolute atomic E-state index is 11.4. The van der Waals surface area contributed by atoms with E-state index < -0.39 is 5.97 Å². The van der Waals surface area contributed by atoms with Gasteiger partial charge in [-0.15, -0.1) is 0 Å². The van der Waals surface area contributed by atoms with Crippen molar-refractivity contribution in [3.05, 3.63) is 30.2 Å². The van der Waals surface area contributed by atoms with Crippen LogP contribution in [0, 0.1) is 0 Å². The van der Waals surface area contributed by atoms with Crippen molar-refractivity contribution in [3.63, 3.8) is 0 Å². The van der Waals surface area contributed by atoms with E-state index in [1.807, 2.05) is 0 Å². The van der Waals surface area contributed by atoms with E-state index in [0.29, 0.717) is 10.8 Å². The zero-order chi connectivity index (χ0) is 10.8. The molecule has 0 saturated carbocycles.